The first-order valence-corrected chi connectivity index (χ1v) is 9.46. The molecule has 0 bridgehead atoms. The SMILES string of the molecule is COCc1ccccc1[As](C)CCS. The molecule has 1 unspecified atom stereocenters. The second kappa shape index (κ2) is 6.55. The third kappa shape index (κ3) is 3.34. The van der Waals surface area contributed by atoms with E-state index in [0.717, 1.165) is 12.4 Å². The fourth-order valence-corrected chi connectivity index (χ4v) is 6.16. The van der Waals surface area contributed by atoms with Crippen LogP contribution in [-0.2, 0) is 11.3 Å². The van der Waals surface area contributed by atoms with E-state index in [4.69, 9.17) is 4.74 Å². The van der Waals surface area contributed by atoms with Crippen LogP contribution in [0.4, 0.5) is 0 Å². The van der Waals surface area contributed by atoms with E-state index in [1.807, 2.05) is 0 Å². The predicted molar refractivity (Wildman–Crippen MR) is 67.1 cm³/mol. The van der Waals surface area contributed by atoms with E-state index in [2.05, 4.69) is 42.6 Å². The van der Waals surface area contributed by atoms with Gasteiger partial charge in [0.05, 0.1) is 0 Å². The molecule has 0 saturated carbocycles. The van der Waals surface area contributed by atoms with Crippen LogP contribution in [-0.4, -0.2) is 27.5 Å². The molecule has 1 rings (SSSR count). The van der Waals surface area contributed by atoms with Crippen LogP contribution in [0.15, 0.2) is 24.3 Å². The molecule has 1 aromatic rings. The molecule has 0 fully saturated rings. The Balaban J connectivity index is 2.82. The fourth-order valence-electron chi connectivity index (χ4n) is 1.43. The van der Waals surface area contributed by atoms with Crippen molar-refractivity contribution < 1.29 is 4.74 Å². The van der Waals surface area contributed by atoms with Crippen LogP contribution in [0.1, 0.15) is 5.56 Å². The van der Waals surface area contributed by atoms with E-state index < -0.39 is 14.7 Å². The maximum absolute atomic E-state index is 5.20. The molecule has 0 saturated heterocycles. The summed E-state index contributed by atoms with van der Waals surface area (Å²) in [5, 5.41) is 1.26. The van der Waals surface area contributed by atoms with Crippen molar-refractivity contribution in [3.8, 4) is 0 Å². The summed E-state index contributed by atoms with van der Waals surface area (Å²) in [6.45, 7) is 0.738. The quantitative estimate of drug-likeness (QED) is 0.638. The van der Waals surface area contributed by atoms with Gasteiger partial charge in [0.15, 0.2) is 0 Å². The van der Waals surface area contributed by atoms with Crippen molar-refractivity contribution in [1.82, 2.24) is 0 Å². The number of benzene rings is 1. The summed E-state index contributed by atoms with van der Waals surface area (Å²) in [7, 11) is 1.75. The van der Waals surface area contributed by atoms with Gasteiger partial charge in [-0.3, -0.25) is 0 Å². The van der Waals surface area contributed by atoms with Gasteiger partial charge in [-0.1, -0.05) is 0 Å². The summed E-state index contributed by atoms with van der Waals surface area (Å²) < 4.78 is 6.74. The monoisotopic (exact) mass is 272 g/mol. The fraction of sp³-hybridized carbons (Fsp3) is 0.455. The molecule has 0 N–H and O–H groups in total. The van der Waals surface area contributed by atoms with Crippen molar-refractivity contribution in [3.63, 3.8) is 0 Å². The Kier molecular flexibility index (Phi) is 5.69. The van der Waals surface area contributed by atoms with Gasteiger partial charge in [-0.05, 0) is 0 Å². The Bertz CT molecular complexity index is 278. The van der Waals surface area contributed by atoms with Gasteiger partial charge in [-0.15, -0.1) is 0 Å². The Hall–Kier alpha value is 0.0884. The minimum absolute atomic E-state index is 0.738. The predicted octanol–water partition coefficient (Wildman–Crippen LogP) is 2.09. The molecule has 1 nitrogen and oxygen atoms in total. The summed E-state index contributed by atoms with van der Waals surface area (Å²) in [6.07, 6.45) is 0. The summed E-state index contributed by atoms with van der Waals surface area (Å²) in [5.74, 6) is 0.998. The number of hydrogen-bond donors (Lipinski definition) is 1. The molecular formula is C11H17AsOS. The number of hydrogen-bond acceptors (Lipinski definition) is 2. The van der Waals surface area contributed by atoms with Crippen molar-refractivity contribution >= 4 is 31.6 Å². The summed E-state index contributed by atoms with van der Waals surface area (Å²) >= 11 is 3.45. The minimum atomic E-state index is -0.856. The second-order valence-corrected chi connectivity index (χ2v) is 8.53. The molecule has 0 aromatic heterocycles. The van der Waals surface area contributed by atoms with E-state index in [1.54, 1.807) is 7.11 Å². The number of rotatable bonds is 5. The molecule has 0 amide bonds. The number of ether oxygens (including phenoxy) is 1. The molecule has 0 spiro atoms. The van der Waals surface area contributed by atoms with Gasteiger partial charge < -0.3 is 0 Å². The Morgan fingerprint density at radius 3 is 2.71 bits per heavy atom. The topological polar surface area (TPSA) is 9.23 Å². The summed E-state index contributed by atoms with van der Waals surface area (Å²) in [5.41, 5.74) is 3.75. The third-order valence-corrected chi connectivity index (χ3v) is 7.65. The molecule has 0 radical (unpaired) electrons. The Labute approximate surface area is 96.5 Å². The van der Waals surface area contributed by atoms with Crippen LogP contribution < -0.4 is 4.35 Å². The van der Waals surface area contributed by atoms with Gasteiger partial charge in [0.1, 0.15) is 0 Å². The van der Waals surface area contributed by atoms with Gasteiger partial charge in [0.25, 0.3) is 0 Å². The van der Waals surface area contributed by atoms with Crippen LogP contribution in [0.2, 0.25) is 10.9 Å². The van der Waals surface area contributed by atoms with Crippen molar-refractivity contribution in [2.75, 3.05) is 12.9 Å². The summed E-state index contributed by atoms with van der Waals surface area (Å²) in [4.78, 5) is 0. The third-order valence-electron chi connectivity index (χ3n) is 2.14. The second-order valence-electron chi connectivity index (χ2n) is 3.21. The van der Waals surface area contributed by atoms with Crippen LogP contribution in [0, 0.1) is 0 Å². The number of methoxy groups -OCH3 is 1. The molecular weight excluding hydrogens is 255 g/mol. The van der Waals surface area contributed by atoms with Gasteiger partial charge >= 0.3 is 96.6 Å². The normalized spacial score (nSPS) is 12.8. The molecule has 0 aliphatic carbocycles. The Morgan fingerprint density at radius 2 is 2.07 bits per heavy atom. The van der Waals surface area contributed by atoms with Crippen molar-refractivity contribution in [3.05, 3.63) is 29.8 Å². The first-order chi connectivity index (χ1) is 6.79. The van der Waals surface area contributed by atoms with Gasteiger partial charge in [-0.2, -0.15) is 0 Å². The zero-order valence-electron chi connectivity index (χ0n) is 8.73. The molecule has 0 aliphatic heterocycles. The van der Waals surface area contributed by atoms with E-state index in [-0.39, 0.29) is 0 Å². The van der Waals surface area contributed by atoms with Crippen LogP contribution in [0.5, 0.6) is 0 Å². The first kappa shape index (κ1) is 12.2. The molecule has 3 heteroatoms. The molecule has 1 aromatic carbocycles. The molecule has 0 heterocycles. The van der Waals surface area contributed by atoms with Crippen molar-refractivity contribution in [2.45, 2.75) is 17.5 Å². The maximum atomic E-state index is 5.20. The van der Waals surface area contributed by atoms with Crippen LogP contribution in [0.3, 0.4) is 0 Å². The van der Waals surface area contributed by atoms with Crippen LogP contribution in [0.25, 0.3) is 0 Å². The van der Waals surface area contributed by atoms with E-state index in [1.165, 1.54) is 15.1 Å². The number of thiol groups is 1. The first-order valence-electron chi connectivity index (χ1n) is 4.68. The van der Waals surface area contributed by atoms with E-state index in [9.17, 15) is 0 Å². The zero-order valence-corrected chi connectivity index (χ0v) is 11.5. The molecule has 78 valence electrons. The van der Waals surface area contributed by atoms with Gasteiger partial charge in [0.2, 0.25) is 0 Å². The zero-order chi connectivity index (χ0) is 10.4. The Morgan fingerprint density at radius 1 is 1.36 bits per heavy atom. The van der Waals surface area contributed by atoms with Crippen molar-refractivity contribution in [1.29, 1.82) is 0 Å². The van der Waals surface area contributed by atoms with Crippen molar-refractivity contribution in [2.24, 2.45) is 0 Å². The van der Waals surface area contributed by atoms with Gasteiger partial charge in [-0.25, -0.2) is 0 Å². The van der Waals surface area contributed by atoms with Crippen LogP contribution >= 0.6 is 12.6 Å². The average Bonchev–Trinajstić information content (AvgIpc) is 2.19. The molecule has 1 atom stereocenters. The molecule has 0 aliphatic rings. The van der Waals surface area contributed by atoms with E-state index in [0.29, 0.717) is 0 Å². The van der Waals surface area contributed by atoms with Gasteiger partial charge in [0, 0.05) is 0 Å². The summed E-state index contributed by atoms with van der Waals surface area (Å²) in [6, 6.07) is 8.62. The molecule has 14 heavy (non-hydrogen) atoms. The average molecular weight is 272 g/mol. The standard InChI is InChI=1S/C11H17AsOS/c1-12(7-8-14)11-6-4-3-5-10(11)9-13-2/h3-6,14H,7-9H2,1-2H3. The van der Waals surface area contributed by atoms with E-state index >= 15 is 0 Å².